The van der Waals surface area contributed by atoms with E-state index in [4.69, 9.17) is 14.2 Å². The van der Waals surface area contributed by atoms with Gasteiger partial charge in [-0.3, -0.25) is 20.4 Å². The van der Waals surface area contributed by atoms with E-state index >= 15 is 0 Å². The number of carbonyl (C=O) groups excluding carboxylic acids is 2. The quantitative estimate of drug-likeness (QED) is 0.775. The Morgan fingerprint density at radius 1 is 0.769 bits per heavy atom. The number of carbonyl (C=O) groups is 2. The normalized spacial score (nSPS) is 10.2. The van der Waals surface area contributed by atoms with Crippen molar-refractivity contribution in [2.75, 3.05) is 14.2 Å². The molecular formula is C19H22N2O5. The number of ether oxygens (including phenoxy) is 3. The summed E-state index contributed by atoms with van der Waals surface area (Å²) < 4.78 is 15.8. The molecule has 2 rings (SSSR count). The number of hydrogen-bond acceptors (Lipinski definition) is 5. The van der Waals surface area contributed by atoms with E-state index in [1.807, 2.05) is 13.8 Å². The van der Waals surface area contributed by atoms with Crippen molar-refractivity contribution >= 4 is 11.8 Å². The number of benzene rings is 2. The first-order chi connectivity index (χ1) is 12.4. The van der Waals surface area contributed by atoms with Crippen molar-refractivity contribution in [2.45, 2.75) is 20.0 Å². The molecule has 0 unspecified atom stereocenters. The molecule has 0 atom stereocenters. The Morgan fingerprint density at radius 3 is 1.73 bits per heavy atom. The zero-order chi connectivity index (χ0) is 19.1. The highest BCUT2D eigenvalue weighted by Gasteiger charge is 2.12. The Hall–Kier alpha value is -3.22. The van der Waals surface area contributed by atoms with Gasteiger partial charge in [0.25, 0.3) is 11.8 Å². The molecule has 138 valence electrons. The van der Waals surface area contributed by atoms with E-state index in [2.05, 4.69) is 10.9 Å². The van der Waals surface area contributed by atoms with Gasteiger partial charge < -0.3 is 14.2 Å². The van der Waals surface area contributed by atoms with Crippen molar-refractivity contribution in [2.24, 2.45) is 0 Å². The maximum Gasteiger partial charge on any atom is 0.269 e. The largest absolute Gasteiger partial charge is 0.497 e. The van der Waals surface area contributed by atoms with Crippen molar-refractivity contribution in [3.05, 3.63) is 53.6 Å². The molecule has 2 N–H and O–H groups in total. The van der Waals surface area contributed by atoms with Crippen molar-refractivity contribution < 1.29 is 23.8 Å². The molecule has 0 radical (unpaired) electrons. The molecule has 0 aliphatic carbocycles. The smallest absolute Gasteiger partial charge is 0.269 e. The van der Waals surface area contributed by atoms with Crippen LogP contribution in [0.5, 0.6) is 17.2 Å². The Kier molecular flexibility index (Phi) is 6.43. The summed E-state index contributed by atoms with van der Waals surface area (Å²) in [5, 5.41) is 0. The van der Waals surface area contributed by atoms with E-state index in [-0.39, 0.29) is 6.10 Å². The maximum absolute atomic E-state index is 12.2. The van der Waals surface area contributed by atoms with Gasteiger partial charge in [-0.1, -0.05) is 0 Å². The van der Waals surface area contributed by atoms with Crippen LogP contribution in [0.15, 0.2) is 42.5 Å². The van der Waals surface area contributed by atoms with Crippen LogP contribution in [0, 0.1) is 0 Å². The van der Waals surface area contributed by atoms with Crippen LogP contribution in [0.2, 0.25) is 0 Å². The molecule has 7 nitrogen and oxygen atoms in total. The second-order valence-corrected chi connectivity index (χ2v) is 5.70. The predicted molar refractivity (Wildman–Crippen MR) is 96.7 cm³/mol. The fraction of sp³-hybridized carbons (Fsp3) is 0.263. The highest BCUT2D eigenvalue weighted by atomic mass is 16.5. The van der Waals surface area contributed by atoms with Gasteiger partial charge in [0.1, 0.15) is 17.2 Å². The van der Waals surface area contributed by atoms with E-state index in [0.717, 1.165) is 0 Å². The summed E-state index contributed by atoms with van der Waals surface area (Å²) in [6, 6.07) is 11.4. The van der Waals surface area contributed by atoms with Gasteiger partial charge in [0, 0.05) is 17.2 Å². The number of rotatable bonds is 6. The van der Waals surface area contributed by atoms with Crippen molar-refractivity contribution in [3.63, 3.8) is 0 Å². The van der Waals surface area contributed by atoms with Gasteiger partial charge in [-0.15, -0.1) is 0 Å². The van der Waals surface area contributed by atoms with Gasteiger partial charge in [0.05, 0.1) is 20.3 Å². The van der Waals surface area contributed by atoms with E-state index < -0.39 is 11.8 Å². The minimum atomic E-state index is -0.490. The van der Waals surface area contributed by atoms with Crippen molar-refractivity contribution in [1.29, 1.82) is 0 Å². The predicted octanol–water partition coefficient (Wildman–Crippen LogP) is 2.57. The Labute approximate surface area is 152 Å². The van der Waals surface area contributed by atoms with Crippen molar-refractivity contribution in [3.8, 4) is 17.2 Å². The third-order valence-electron chi connectivity index (χ3n) is 3.39. The molecule has 2 amide bonds. The van der Waals surface area contributed by atoms with Gasteiger partial charge in [-0.2, -0.15) is 0 Å². The van der Waals surface area contributed by atoms with Crippen LogP contribution in [0.4, 0.5) is 0 Å². The average molecular weight is 358 g/mol. The molecule has 0 aliphatic heterocycles. The lowest BCUT2D eigenvalue weighted by Gasteiger charge is -2.11. The zero-order valence-electron chi connectivity index (χ0n) is 15.2. The molecule has 0 aromatic heterocycles. The van der Waals surface area contributed by atoms with E-state index in [0.29, 0.717) is 28.4 Å². The Balaban J connectivity index is 1.99. The number of hydrazine groups is 1. The van der Waals surface area contributed by atoms with Gasteiger partial charge in [-0.25, -0.2) is 0 Å². The minimum Gasteiger partial charge on any atom is -0.497 e. The van der Waals surface area contributed by atoms with Crippen LogP contribution in [0.25, 0.3) is 0 Å². The highest BCUT2D eigenvalue weighted by Crippen LogP contribution is 2.22. The summed E-state index contributed by atoms with van der Waals surface area (Å²) in [5.74, 6) is 0.687. The molecular weight excluding hydrogens is 336 g/mol. The molecule has 0 saturated carbocycles. The van der Waals surface area contributed by atoms with Crippen LogP contribution >= 0.6 is 0 Å². The summed E-state index contributed by atoms with van der Waals surface area (Å²) in [6.45, 7) is 3.84. The third-order valence-corrected chi connectivity index (χ3v) is 3.39. The maximum atomic E-state index is 12.2. The number of amides is 2. The second kappa shape index (κ2) is 8.75. The van der Waals surface area contributed by atoms with Gasteiger partial charge >= 0.3 is 0 Å². The van der Waals surface area contributed by atoms with E-state index in [1.54, 1.807) is 42.5 Å². The SMILES string of the molecule is COc1cc(OC)cc(C(=O)NNC(=O)c2ccc(OC(C)C)cc2)c1. The average Bonchev–Trinajstić information content (AvgIpc) is 2.65. The summed E-state index contributed by atoms with van der Waals surface area (Å²) in [5.41, 5.74) is 5.42. The fourth-order valence-corrected chi connectivity index (χ4v) is 2.15. The van der Waals surface area contributed by atoms with Gasteiger partial charge in [-0.05, 0) is 50.2 Å². The summed E-state index contributed by atoms with van der Waals surface area (Å²) in [7, 11) is 2.98. The number of hydrogen-bond donors (Lipinski definition) is 2. The van der Waals surface area contributed by atoms with Crippen LogP contribution in [-0.2, 0) is 0 Å². The molecule has 0 aliphatic rings. The van der Waals surface area contributed by atoms with Crippen LogP contribution in [0.1, 0.15) is 34.6 Å². The Bertz CT molecular complexity index is 750. The van der Waals surface area contributed by atoms with Crippen LogP contribution in [0.3, 0.4) is 0 Å². The zero-order valence-corrected chi connectivity index (χ0v) is 15.2. The highest BCUT2D eigenvalue weighted by molar-refractivity contribution is 5.99. The van der Waals surface area contributed by atoms with E-state index in [1.165, 1.54) is 14.2 Å². The lowest BCUT2D eigenvalue weighted by Crippen LogP contribution is -2.41. The topological polar surface area (TPSA) is 85.9 Å². The molecule has 0 spiro atoms. The monoisotopic (exact) mass is 358 g/mol. The summed E-state index contributed by atoms with van der Waals surface area (Å²) in [4.78, 5) is 24.4. The van der Waals surface area contributed by atoms with E-state index in [9.17, 15) is 9.59 Å². The first kappa shape index (κ1) is 19.1. The molecule has 2 aromatic carbocycles. The second-order valence-electron chi connectivity index (χ2n) is 5.70. The number of nitrogens with one attached hydrogen (secondary N) is 2. The molecule has 26 heavy (non-hydrogen) atoms. The van der Waals surface area contributed by atoms with Crippen LogP contribution in [-0.4, -0.2) is 32.1 Å². The molecule has 0 bridgehead atoms. The Morgan fingerprint density at radius 2 is 1.27 bits per heavy atom. The van der Waals surface area contributed by atoms with Crippen molar-refractivity contribution in [1.82, 2.24) is 10.9 Å². The summed E-state index contributed by atoms with van der Waals surface area (Å²) in [6.07, 6.45) is 0.0498. The minimum absolute atomic E-state index is 0.0498. The molecule has 7 heteroatoms. The standard InChI is InChI=1S/C19H22N2O5/c1-12(2)26-15-7-5-13(6-8-15)18(22)20-21-19(23)14-9-16(24-3)11-17(10-14)25-4/h5-12H,1-4H3,(H,20,22)(H,21,23). The third kappa shape index (κ3) is 5.14. The molecule has 2 aromatic rings. The first-order valence-corrected chi connectivity index (χ1v) is 8.03. The first-order valence-electron chi connectivity index (χ1n) is 8.03. The van der Waals surface area contributed by atoms with Crippen LogP contribution < -0.4 is 25.1 Å². The number of methoxy groups -OCH3 is 2. The molecule has 0 saturated heterocycles. The molecule has 0 heterocycles. The summed E-state index contributed by atoms with van der Waals surface area (Å²) >= 11 is 0. The lowest BCUT2D eigenvalue weighted by atomic mass is 10.2. The fourth-order valence-electron chi connectivity index (χ4n) is 2.15. The lowest BCUT2D eigenvalue weighted by molar-refractivity contribution is 0.0846. The van der Waals surface area contributed by atoms with Gasteiger partial charge in [0.15, 0.2) is 0 Å². The molecule has 0 fully saturated rings. The van der Waals surface area contributed by atoms with Gasteiger partial charge in [0.2, 0.25) is 0 Å².